The van der Waals surface area contributed by atoms with Gasteiger partial charge in [-0.3, -0.25) is 0 Å². The summed E-state index contributed by atoms with van der Waals surface area (Å²) >= 11 is 0. The number of ether oxygens (including phenoxy) is 1. The van der Waals surface area contributed by atoms with Gasteiger partial charge in [-0.1, -0.05) is 24.3 Å². The Labute approximate surface area is 119 Å². The van der Waals surface area contributed by atoms with E-state index >= 15 is 0 Å². The summed E-state index contributed by atoms with van der Waals surface area (Å²) in [4.78, 5) is 0. The van der Waals surface area contributed by atoms with Crippen LogP contribution in [0.5, 0.6) is 0 Å². The fraction of sp³-hybridized carbons (Fsp3) is 0.571. The first-order valence-electron chi connectivity index (χ1n) is 6.98. The van der Waals surface area contributed by atoms with E-state index in [4.69, 9.17) is 10.5 Å². The molecule has 1 aromatic carbocycles. The second-order valence-electron chi connectivity index (χ2n) is 5.55. The van der Waals surface area contributed by atoms with E-state index in [1.165, 1.54) is 0 Å². The van der Waals surface area contributed by atoms with Crippen molar-refractivity contribution in [3.63, 3.8) is 0 Å². The van der Waals surface area contributed by atoms with Crippen LogP contribution in [0.3, 0.4) is 0 Å². The maximum Gasteiger partial charge on any atom is 0.218 e. The number of benzene rings is 1. The first-order valence-corrected chi connectivity index (χ1v) is 8.59. The highest BCUT2D eigenvalue weighted by Gasteiger charge is 2.38. The molecule has 2 aliphatic heterocycles. The van der Waals surface area contributed by atoms with Crippen LogP contribution in [0.15, 0.2) is 24.3 Å². The lowest BCUT2D eigenvalue weighted by Crippen LogP contribution is -2.46. The van der Waals surface area contributed by atoms with Crippen molar-refractivity contribution >= 4 is 10.0 Å². The van der Waals surface area contributed by atoms with Gasteiger partial charge in [-0.2, -0.15) is 4.31 Å². The molecule has 0 amide bonds. The molecule has 6 heteroatoms. The number of hydrogen-bond donors (Lipinski definition) is 1. The van der Waals surface area contributed by atoms with E-state index < -0.39 is 10.0 Å². The van der Waals surface area contributed by atoms with Crippen LogP contribution in [0, 0.1) is 0 Å². The molecule has 110 valence electrons. The second kappa shape index (κ2) is 5.44. The fourth-order valence-corrected chi connectivity index (χ4v) is 4.46. The number of nitrogens with two attached hydrogens (primary N) is 1. The molecule has 0 aliphatic carbocycles. The van der Waals surface area contributed by atoms with Crippen LogP contribution in [0.4, 0.5) is 0 Å². The average Bonchev–Trinajstić information content (AvgIpc) is 2.77. The highest BCUT2D eigenvalue weighted by atomic mass is 32.2. The summed E-state index contributed by atoms with van der Waals surface area (Å²) in [5.41, 5.74) is 7.36. The summed E-state index contributed by atoms with van der Waals surface area (Å²) in [6.07, 6.45) is 2.12. The zero-order valence-corrected chi connectivity index (χ0v) is 12.2. The van der Waals surface area contributed by atoms with E-state index in [0.717, 1.165) is 24.0 Å². The first-order chi connectivity index (χ1) is 9.56. The van der Waals surface area contributed by atoms with E-state index in [9.17, 15) is 8.42 Å². The Hall–Kier alpha value is -0.950. The normalized spacial score (nSPS) is 26.9. The Bertz CT molecular complexity index is 559. The van der Waals surface area contributed by atoms with Gasteiger partial charge >= 0.3 is 0 Å². The summed E-state index contributed by atoms with van der Waals surface area (Å²) in [6.45, 7) is 1.47. The van der Waals surface area contributed by atoms with Gasteiger partial charge in [0, 0.05) is 19.6 Å². The zero-order valence-electron chi connectivity index (χ0n) is 11.4. The highest BCUT2D eigenvalue weighted by Crippen LogP contribution is 2.28. The Morgan fingerprint density at radius 1 is 1.10 bits per heavy atom. The third kappa shape index (κ3) is 2.88. The topological polar surface area (TPSA) is 72.6 Å². The van der Waals surface area contributed by atoms with Gasteiger partial charge in [0.25, 0.3) is 0 Å². The summed E-state index contributed by atoms with van der Waals surface area (Å²) in [6, 6.07) is 7.45. The van der Waals surface area contributed by atoms with Crippen molar-refractivity contribution in [2.24, 2.45) is 5.73 Å². The molecule has 0 aromatic heterocycles. The quantitative estimate of drug-likeness (QED) is 0.893. The molecule has 2 bridgehead atoms. The number of sulfonamides is 1. The van der Waals surface area contributed by atoms with Crippen LogP contribution in [-0.2, 0) is 27.1 Å². The van der Waals surface area contributed by atoms with Crippen LogP contribution in [0.25, 0.3) is 0 Å². The molecule has 20 heavy (non-hydrogen) atoms. The molecule has 2 unspecified atom stereocenters. The lowest BCUT2D eigenvalue weighted by molar-refractivity contribution is -0.0115. The van der Waals surface area contributed by atoms with Gasteiger partial charge in [0.15, 0.2) is 0 Å². The molecule has 5 nitrogen and oxygen atoms in total. The van der Waals surface area contributed by atoms with Crippen LogP contribution >= 0.6 is 0 Å². The first kappa shape index (κ1) is 14.0. The van der Waals surface area contributed by atoms with E-state index in [2.05, 4.69) is 0 Å². The summed E-state index contributed by atoms with van der Waals surface area (Å²) < 4.78 is 32.2. The predicted octanol–water partition coefficient (Wildman–Crippen LogP) is 0.838. The van der Waals surface area contributed by atoms with E-state index in [1.54, 1.807) is 4.31 Å². The lowest BCUT2D eigenvalue weighted by Gasteiger charge is -2.31. The van der Waals surface area contributed by atoms with Crippen molar-refractivity contribution in [1.29, 1.82) is 0 Å². The molecule has 0 saturated carbocycles. The van der Waals surface area contributed by atoms with Crippen LogP contribution < -0.4 is 5.73 Å². The molecule has 3 rings (SSSR count). The molecule has 2 saturated heterocycles. The Kier molecular flexibility index (Phi) is 3.81. The van der Waals surface area contributed by atoms with Crippen molar-refractivity contribution in [3.05, 3.63) is 35.4 Å². The number of rotatable bonds is 4. The lowest BCUT2D eigenvalue weighted by atomic mass is 10.1. The van der Waals surface area contributed by atoms with Crippen molar-refractivity contribution in [2.75, 3.05) is 13.1 Å². The molecule has 2 atom stereocenters. The van der Waals surface area contributed by atoms with E-state index in [0.29, 0.717) is 19.6 Å². The Balaban J connectivity index is 1.71. The van der Waals surface area contributed by atoms with Gasteiger partial charge in [0.2, 0.25) is 10.0 Å². The molecule has 2 N–H and O–H groups in total. The van der Waals surface area contributed by atoms with Crippen LogP contribution in [-0.4, -0.2) is 38.0 Å². The summed E-state index contributed by atoms with van der Waals surface area (Å²) in [5, 5.41) is 0. The third-order valence-electron chi connectivity index (χ3n) is 4.01. The molecule has 2 heterocycles. The maximum atomic E-state index is 12.5. The predicted molar refractivity (Wildman–Crippen MR) is 76.4 cm³/mol. The van der Waals surface area contributed by atoms with Gasteiger partial charge < -0.3 is 10.5 Å². The van der Waals surface area contributed by atoms with Crippen LogP contribution in [0.2, 0.25) is 0 Å². The molecule has 2 fully saturated rings. The number of hydrogen-bond acceptors (Lipinski definition) is 4. The van der Waals surface area contributed by atoms with E-state index in [1.807, 2.05) is 24.3 Å². The van der Waals surface area contributed by atoms with Crippen molar-refractivity contribution in [3.8, 4) is 0 Å². The number of fused-ring (bicyclic) bond motifs is 2. The monoisotopic (exact) mass is 296 g/mol. The molecule has 0 spiro atoms. The van der Waals surface area contributed by atoms with Crippen molar-refractivity contribution in [2.45, 2.75) is 37.3 Å². The average molecular weight is 296 g/mol. The van der Waals surface area contributed by atoms with Gasteiger partial charge in [0.05, 0.1) is 18.0 Å². The molecular weight excluding hydrogens is 276 g/mol. The standard InChI is InChI=1S/C14H20N2O3S/c15-7-11-1-3-12(4-2-11)10-20(17,18)16-8-13-5-6-14(9-16)19-13/h1-4,13-14H,5-10,15H2. The highest BCUT2D eigenvalue weighted by molar-refractivity contribution is 7.88. The van der Waals surface area contributed by atoms with Gasteiger partial charge in [-0.15, -0.1) is 0 Å². The SMILES string of the molecule is NCc1ccc(CS(=O)(=O)N2CC3CCC(C2)O3)cc1. The van der Waals surface area contributed by atoms with Crippen LogP contribution in [0.1, 0.15) is 24.0 Å². The summed E-state index contributed by atoms with van der Waals surface area (Å²) in [5.74, 6) is 0.0529. The minimum Gasteiger partial charge on any atom is -0.372 e. The summed E-state index contributed by atoms with van der Waals surface area (Å²) in [7, 11) is -3.26. The van der Waals surface area contributed by atoms with Gasteiger partial charge in [0.1, 0.15) is 0 Å². The second-order valence-corrected chi connectivity index (χ2v) is 7.52. The largest absolute Gasteiger partial charge is 0.372 e. The molecule has 1 aromatic rings. The van der Waals surface area contributed by atoms with Crippen molar-refractivity contribution < 1.29 is 13.2 Å². The maximum absolute atomic E-state index is 12.5. The smallest absolute Gasteiger partial charge is 0.218 e. The minimum absolute atomic E-state index is 0.0529. The Morgan fingerprint density at radius 2 is 1.65 bits per heavy atom. The molecule has 0 radical (unpaired) electrons. The Morgan fingerprint density at radius 3 is 2.20 bits per heavy atom. The number of nitrogens with zero attached hydrogens (tertiary/aromatic N) is 1. The molecule has 2 aliphatic rings. The van der Waals surface area contributed by atoms with E-state index in [-0.39, 0.29) is 18.0 Å². The minimum atomic E-state index is -3.26. The molecular formula is C14H20N2O3S. The van der Waals surface area contributed by atoms with Gasteiger partial charge in [-0.05, 0) is 24.0 Å². The van der Waals surface area contributed by atoms with Gasteiger partial charge in [-0.25, -0.2) is 8.42 Å². The zero-order chi connectivity index (χ0) is 14.2. The number of morpholine rings is 1. The van der Waals surface area contributed by atoms with Crippen molar-refractivity contribution in [1.82, 2.24) is 4.31 Å². The third-order valence-corrected chi connectivity index (χ3v) is 5.79. The fourth-order valence-electron chi connectivity index (χ4n) is 2.88.